The Balaban J connectivity index is 1.66. The second kappa shape index (κ2) is 5.86. The number of carbonyl (C=O) groups is 1. The van der Waals surface area contributed by atoms with Crippen LogP contribution in [0, 0.1) is 5.92 Å². The third-order valence-corrected chi connectivity index (χ3v) is 5.26. The molecule has 1 amide bonds. The van der Waals surface area contributed by atoms with Crippen molar-refractivity contribution >= 4 is 5.91 Å². The van der Waals surface area contributed by atoms with Crippen molar-refractivity contribution in [1.82, 2.24) is 14.7 Å². The summed E-state index contributed by atoms with van der Waals surface area (Å²) in [7, 11) is 0. The largest absolute Gasteiger partial charge is 0.378 e. The van der Waals surface area contributed by atoms with Crippen molar-refractivity contribution < 1.29 is 9.53 Å². The maximum absolute atomic E-state index is 11.9. The number of carbonyl (C=O) groups excluding carboxylic acids is 1. The smallest absolute Gasteiger partial charge is 0.219 e. The molecule has 5 heteroatoms. The van der Waals surface area contributed by atoms with Crippen molar-refractivity contribution in [2.75, 3.05) is 52.5 Å². The number of ether oxygens (including phenoxy) is 1. The zero-order chi connectivity index (χ0) is 15.0. The molecule has 1 atom stereocenters. The maximum Gasteiger partial charge on any atom is 0.219 e. The second-order valence-electron chi connectivity index (χ2n) is 7.44. The van der Waals surface area contributed by atoms with Gasteiger partial charge in [-0.05, 0) is 18.9 Å². The quantitative estimate of drug-likeness (QED) is 0.766. The van der Waals surface area contributed by atoms with E-state index in [-0.39, 0.29) is 11.4 Å². The first-order valence-electron chi connectivity index (χ1n) is 8.32. The third kappa shape index (κ3) is 2.96. The van der Waals surface area contributed by atoms with Crippen LogP contribution in [-0.2, 0) is 9.53 Å². The van der Waals surface area contributed by atoms with Crippen molar-refractivity contribution in [1.29, 1.82) is 0 Å². The zero-order valence-electron chi connectivity index (χ0n) is 13.7. The molecule has 21 heavy (non-hydrogen) atoms. The summed E-state index contributed by atoms with van der Waals surface area (Å²) < 4.78 is 5.64. The standard InChI is InChI=1S/C16H29N3O2/c1-13(2)4-5-17-10-16(11-17)12-18(14(3)20)8-15-9-21-7-6-19(15)16/h13,15H,4-12H2,1-3H3/t15-/m1/s1. The van der Waals surface area contributed by atoms with Crippen LogP contribution in [0.25, 0.3) is 0 Å². The topological polar surface area (TPSA) is 36.0 Å². The Labute approximate surface area is 128 Å². The number of likely N-dealkylation sites (tertiary alicyclic amines) is 1. The number of morpholine rings is 1. The molecule has 120 valence electrons. The number of hydrogen-bond acceptors (Lipinski definition) is 4. The molecule has 1 spiro atoms. The van der Waals surface area contributed by atoms with E-state index in [4.69, 9.17) is 4.74 Å². The highest BCUT2D eigenvalue weighted by Crippen LogP contribution is 2.35. The lowest BCUT2D eigenvalue weighted by atomic mass is 9.82. The fourth-order valence-corrected chi connectivity index (χ4v) is 4.10. The van der Waals surface area contributed by atoms with E-state index < -0.39 is 0 Å². The van der Waals surface area contributed by atoms with E-state index in [1.54, 1.807) is 6.92 Å². The van der Waals surface area contributed by atoms with E-state index in [2.05, 4.69) is 23.6 Å². The van der Waals surface area contributed by atoms with Gasteiger partial charge in [0.25, 0.3) is 0 Å². The summed E-state index contributed by atoms with van der Waals surface area (Å²) in [4.78, 5) is 19.1. The molecular weight excluding hydrogens is 266 g/mol. The van der Waals surface area contributed by atoms with E-state index in [0.717, 1.165) is 51.9 Å². The fraction of sp³-hybridized carbons (Fsp3) is 0.938. The summed E-state index contributed by atoms with van der Waals surface area (Å²) >= 11 is 0. The Morgan fingerprint density at radius 1 is 1.33 bits per heavy atom. The summed E-state index contributed by atoms with van der Waals surface area (Å²) in [5.41, 5.74) is 0.190. The highest BCUT2D eigenvalue weighted by molar-refractivity contribution is 5.73. The molecule has 0 aromatic carbocycles. The van der Waals surface area contributed by atoms with Crippen LogP contribution in [0.4, 0.5) is 0 Å². The van der Waals surface area contributed by atoms with E-state index in [1.807, 2.05) is 4.90 Å². The lowest BCUT2D eigenvalue weighted by Crippen LogP contribution is -2.80. The number of piperazine rings is 1. The van der Waals surface area contributed by atoms with Crippen molar-refractivity contribution in [3.8, 4) is 0 Å². The number of fused-ring (bicyclic) bond motifs is 2. The van der Waals surface area contributed by atoms with E-state index >= 15 is 0 Å². The molecule has 3 fully saturated rings. The van der Waals surface area contributed by atoms with E-state index in [1.165, 1.54) is 13.0 Å². The molecule has 3 heterocycles. The third-order valence-electron chi connectivity index (χ3n) is 5.26. The van der Waals surface area contributed by atoms with Gasteiger partial charge in [0.1, 0.15) is 0 Å². The SMILES string of the molecule is CC(=O)N1C[C@@H]2COCCN2C2(CN(CCC(C)C)C2)C1. The molecule has 0 aromatic heterocycles. The molecule has 3 saturated heterocycles. The van der Waals surface area contributed by atoms with Gasteiger partial charge < -0.3 is 9.64 Å². The van der Waals surface area contributed by atoms with Gasteiger partial charge in [-0.25, -0.2) is 0 Å². The molecule has 0 saturated carbocycles. The van der Waals surface area contributed by atoms with Gasteiger partial charge >= 0.3 is 0 Å². The minimum absolute atomic E-state index is 0.190. The van der Waals surface area contributed by atoms with Crippen LogP contribution >= 0.6 is 0 Å². The Kier molecular flexibility index (Phi) is 4.26. The van der Waals surface area contributed by atoms with Gasteiger partial charge in [0.15, 0.2) is 0 Å². The molecule has 0 aliphatic carbocycles. The molecule has 5 nitrogen and oxygen atoms in total. The lowest BCUT2D eigenvalue weighted by molar-refractivity contribution is -0.173. The number of amides is 1. The molecule has 3 aliphatic rings. The van der Waals surface area contributed by atoms with Gasteiger partial charge in [-0.1, -0.05) is 13.8 Å². The average Bonchev–Trinajstić information content (AvgIpc) is 2.41. The highest BCUT2D eigenvalue weighted by Gasteiger charge is 2.54. The summed E-state index contributed by atoms with van der Waals surface area (Å²) in [5.74, 6) is 0.970. The second-order valence-corrected chi connectivity index (χ2v) is 7.44. The average molecular weight is 295 g/mol. The first kappa shape index (κ1) is 15.3. The number of rotatable bonds is 3. The first-order chi connectivity index (χ1) is 10.00. The van der Waals surface area contributed by atoms with Crippen LogP contribution in [0.1, 0.15) is 27.2 Å². The van der Waals surface area contributed by atoms with Crippen LogP contribution in [0.15, 0.2) is 0 Å². The monoisotopic (exact) mass is 295 g/mol. The number of hydrogen-bond donors (Lipinski definition) is 0. The lowest BCUT2D eigenvalue weighted by Gasteiger charge is -2.63. The Morgan fingerprint density at radius 2 is 2.10 bits per heavy atom. The van der Waals surface area contributed by atoms with Gasteiger partial charge in [-0.15, -0.1) is 0 Å². The zero-order valence-corrected chi connectivity index (χ0v) is 13.7. The summed E-state index contributed by atoms with van der Waals surface area (Å²) in [6.07, 6.45) is 1.26. The van der Waals surface area contributed by atoms with Crippen LogP contribution < -0.4 is 0 Å². The van der Waals surface area contributed by atoms with Gasteiger partial charge in [0.05, 0.1) is 24.8 Å². The van der Waals surface area contributed by atoms with E-state index in [9.17, 15) is 4.79 Å². The van der Waals surface area contributed by atoms with Crippen molar-refractivity contribution in [2.45, 2.75) is 38.8 Å². The number of nitrogens with zero attached hydrogens (tertiary/aromatic N) is 3. The summed E-state index contributed by atoms with van der Waals surface area (Å²) in [5, 5.41) is 0. The van der Waals surface area contributed by atoms with Gasteiger partial charge in [-0.3, -0.25) is 14.6 Å². The minimum Gasteiger partial charge on any atom is -0.378 e. The normalized spacial score (nSPS) is 29.5. The van der Waals surface area contributed by atoms with Crippen LogP contribution in [-0.4, -0.2) is 84.7 Å². The van der Waals surface area contributed by atoms with Crippen molar-refractivity contribution in [3.05, 3.63) is 0 Å². The summed E-state index contributed by atoms with van der Waals surface area (Å²) in [6.45, 7) is 14.0. The predicted molar refractivity (Wildman–Crippen MR) is 82.2 cm³/mol. The molecule has 3 rings (SSSR count). The molecular formula is C16H29N3O2. The molecule has 3 aliphatic heterocycles. The Morgan fingerprint density at radius 3 is 2.76 bits per heavy atom. The van der Waals surface area contributed by atoms with Gasteiger partial charge in [0.2, 0.25) is 5.91 Å². The highest BCUT2D eigenvalue weighted by atomic mass is 16.5. The molecule has 0 radical (unpaired) electrons. The Hall–Kier alpha value is -0.650. The molecule has 0 N–H and O–H groups in total. The van der Waals surface area contributed by atoms with Gasteiger partial charge in [-0.2, -0.15) is 0 Å². The van der Waals surface area contributed by atoms with Crippen LogP contribution in [0.2, 0.25) is 0 Å². The predicted octanol–water partition coefficient (Wildman–Crippen LogP) is 0.650. The van der Waals surface area contributed by atoms with Crippen molar-refractivity contribution in [3.63, 3.8) is 0 Å². The Bertz CT molecular complexity index is 393. The van der Waals surface area contributed by atoms with E-state index in [0.29, 0.717) is 6.04 Å². The van der Waals surface area contributed by atoms with Gasteiger partial charge in [0, 0.05) is 39.6 Å². The van der Waals surface area contributed by atoms with Crippen LogP contribution in [0.3, 0.4) is 0 Å². The van der Waals surface area contributed by atoms with Crippen molar-refractivity contribution in [2.24, 2.45) is 5.92 Å². The van der Waals surface area contributed by atoms with Crippen LogP contribution in [0.5, 0.6) is 0 Å². The maximum atomic E-state index is 11.9. The fourth-order valence-electron chi connectivity index (χ4n) is 4.10. The first-order valence-corrected chi connectivity index (χ1v) is 8.32. The summed E-state index contributed by atoms with van der Waals surface area (Å²) in [6, 6.07) is 0.392. The molecule has 0 bridgehead atoms. The molecule has 0 aromatic rings. The molecule has 0 unspecified atom stereocenters. The minimum atomic E-state index is 0.190.